The predicted molar refractivity (Wildman–Crippen MR) is 107 cm³/mol. The lowest BCUT2D eigenvalue weighted by Gasteiger charge is -2.21. The second kappa shape index (κ2) is 7.19. The zero-order chi connectivity index (χ0) is 19.0. The molecule has 3 aromatic rings. The van der Waals surface area contributed by atoms with Crippen molar-refractivity contribution in [2.75, 3.05) is 24.8 Å². The zero-order valence-corrected chi connectivity index (χ0v) is 16.4. The molecule has 0 aliphatic carbocycles. The van der Waals surface area contributed by atoms with Crippen LogP contribution in [0, 0.1) is 13.8 Å². The van der Waals surface area contributed by atoms with E-state index in [2.05, 4.69) is 25.2 Å². The maximum absolute atomic E-state index is 12.7. The number of benzene rings is 2. The van der Waals surface area contributed by atoms with Gasteiger partial charge in [-0.1, -0.05) is 0 Å². The molecule has 1 amide bonds. The fourth-order valence-corrected chi connectivity index (χ4v) is 3.73. The fourth-order valence-electron chi connectivity index (χ4n) is 3.18. The molecule has 6 heteroatoms. The first-order valence-corrected chi connectivity index (χ1v) is 10.0. The van der Waals surface area contributed by atoms with Crippen LogP contribution in [0.5, 0.6) is 11.5 Å². The maximum atomic E-state index is 12.7. The Labute approximate surface area is 162 Å². The van der Waals surface area contributed by atoms with Crippen molar-refractivity contribution >= 4 is 34.3 Å². The summed E-state index contributed by atoms with van der Waals surface area (Å²) in [6.45, 7) is 5.17. The van der Waals surface area contributed by atoms with Crippen LogP contribution in [-0.4, -0.2) is 25.4 Å². The van der Waals surface area contributed by atoms with Gasteiger partial charge in [0.2, 0.25) is 5.91 Å². The van der Waals surface area contributed by atoms with E-state index >= 15 is 0 Å². The predicted octanol–water partition coefficient (Wildman–Crippen LogP) is 4.72. The number of amides is 1. The van der Waals surface area contributed by atoms with Crippen LogP contribution in [-0.2, 0) is 11.2 Å². The molecule has 0 saturated heterocycles. The van der Waals surface area contributed by atoms with Crippen LogP contribution >= 0.6 is 11.8 Å². The minimum atomic E-state index is -0.0945. The fraction of sp³-hybridized carbons (Fsp3) is 0.286. The Kier molecular flexibility index (Phi) is 4.74. The highest BCUT2D eigenvalue weighted by molar-refractivity contribution is 7.98. The zero-order valence-electron chi connectivity index (χ0n) is 15.5. The van der Waals surface area contributed by atoms with E-state index in [1.165, 1.54) is 11.1 Å². The van der Waals surface area contributed by atoms with Crippen molar-refractivity contribution < 1.29 is 18.7 Å². The molecule has 1 aliphatic heterocycles. The highest BCUT2D eigenvalue weighted by Crippen LogP contribution is 2.39. The summed E-state index contributed by atoms with van der Waals surface area (Å²) in [5, 5.41) is 3.99. The van der Waals surface area contributed by atoms with E-state index in [0.29, 0.717) is 19.0 Å². The van der Waals surface area contributed by atoms with Crippen LogP contribution in [0.1, 0.15) is 16.7 Å². The Morgan fingerprint density at radius 3 is 2.52 bits per heavy atom. The number of ether oxygens (including phenoxy) is 2. The van der Waals surface area contributed by atoms with Crippen molar-refractivity contribution in [1.29, 1.82) is 0 Å². The summed E-state index contributed by atoms with van der Waals surface area (Å²) < 4.78 is 16.9. The van der Waals surface area contributed by atoms with Gasteiger partial charge in [-0.05, 0) is 49.4 Å². The standard InChI is InChI=1S/C21H21NO4S/c1-12-6-15-14(11-26-17(15)7-13(12)2)8-21(23)22-16-9-18-19(10-20(16)27-3)25-5-4-24-18/h6-7,9-11H,4-5,8H2,1-3H3,(H,22,23). The van der Waals surface area contributed by atoms with E-state index in [4.69, 9.17) is 13.9 Å². The number of anilines is 1. The lowest BCUT2D eigenvalue weighted by Crippen LogP contribution is -2.18. The second-order valence-corrected chi connectivity index (χ2v) is 7.46. The Hall–Kier alpha value is -2.60. The highest BCUT2D eigenvalue weighted by atomic mass is 32.2. The summed E-state index contributed by atoms with van der Waals surface area (Å²) >= 11 is 1.56. The topological polar surface area (TPSA) is 60.7 Å². The number of rotatable bonds is 4. The van der Waals surface area contributed by atoms with Gasteiger partial charge in [0.1, 0.15) is 18.8 Å². The highest BCUT2D eigenvalue weighted by Gasteiger charge is 2.18. The molecule has 1 aliphatic rings. The Balaban J connectivity index is 1.57. The minimum Gasteiger partial charge on any atom is -0.486 e. The molecule has 2 aromatic carbocycles. The van der Waals surface area contributed by atoms with Gasteiger partial charge in [-0.25, -0.2) is 0 Å². The molecule has 0 radical (unpaired) electrons. The Bertz CT molecular complexity index is 1020. The number of carbonyl (C=O) groups excluding carboxylic acids is 1. The molecule has 2 heterocycles. The largest absolute Gasteiger partial charge is 0.486 e. The molecule has 0 bridgehead atoms. The number of nitrogens with one attached hydrogen (secondary N) is 1. The van der Waals surface area contributed by atoms with Crippen molar-refractivity contribution in [1.82, 2.24) is 0 Å². The number of carbonyl (C=O) groups is 1. The van der Waals surface area contributed by atoms with E-state index in [1.807, 2.05) is 24.5 Å². The average molecular weight is 383 g/mol. The van der Waals surface area contributed by atoms with E-state index in [1.54, 1.807) is 18.0 Å². The minimum absolute atomic E-state index is 0.0945. The van der Waals surface area contributed by atoms with E-state index in [-0.39, 0.29) is 12.3 Å². The summed E-state index contributed by atoms with van der Waals surface area (Å²) in [7, 11) is 0. The second-order valence-electron chi connectivity index (χ2n) is 6.61. The number of hydrogen-bond acceptors (Lipinski definition) is 5. The molecule has 0 atom stereocenters. The van der Waals surface area contributed by atoms with Crippen molar-refractivity contribution in [2.24, 2.45) is 0 Å². The van der Waals surface area contributed by atoms with Crippen LogP contribution in [0.2, 0.25) is 0 Å². The lowest BCUT2D eigenvalue weighted by molar-refractivity contribution is -0.115. The summed E-state index contributed by atoms with van der Waals surface area (Å²) in [6, 6.07) is 7.83. The van der Waals surface area contributed by atoms with Crippen LogP contribution in [0.25, 0.3) is 11.0 Å². The SMILES string of the molecule is CSc1cc2c(cc1NC(=O)Cc1coc3cc(C)c(C)cc13)OCCO2. The van der Waals surface area contributed by atoms with Gasteiger partial charge in [0.25, 0.3) is 0 Å². The molecule has 0 fully saturated rings. The third-order valence-corrected chi connectivity index (χ3v) is 5.54. The molecule has 27 heavy (non-hydrogen) atoms. The average Bonchev–Trinajstić information content (AvgIpc) is 3.03. The number of fused-ring (bicyclic) bond motifs is 2. The number of furan rings is 1. The lowest BCUT2D eigenvalue weighted by atomic mass is 10.0. The first kappa shape index (κ1) is 17.8. The molecule has 0 spiro atoms. The molecule has 1 N–H and O–H groups in total. The van der Waals surface area contributed by atoms with Gasteiger partial charge in [-0.3, -0.25) is 4.79 Å². The van der Waals surface area contributed by atoms with E-state index in [9.17, 15) is 4.79 Å². The first-order chi connectivity index (χ1) is 13.0. The van der Waals surface area contributed by atoms with Crippen LogP contribution < -0.4 is 14.8 Å². The van der Waals surface area contributed by atoms with Gasteiger partial charge in [0.15, 0.2) is 11.5 Å². The van der Waals surface area contributed by atoms with Crippen molar-refractivity contribution in [2.45, 2.75) is 25.2 Å². The Morgan fingerprint density at radius 2 is 1.78 bits per heavy atom. The smallest absolute Gasteiger partial charge is 0.228 e. The van der Waals surface area contributed by atoms with Gasteiger partial charge in [-0.15, -0.1) is 11.8 Å². The van der Waals surface area contributed by atoms with E-state index in [0.717, 1.165) is 32.9 Å². The normalized spacial score (nSPS) is 13.0. The number of thioether (sulfide) groups is 1. The van der Waals surface area contributed by atoms with Gasteiger partial charge in [0.05, 0.1) is 18.4 Å². The van der Waals surface area contributed by atoms with Crippen molar-refractivity contribution in [3.8, 4) is 11.5 Å². The van der Waals surface area contributed by atoms with Gasteiger partial charge in [-0.2, -0.15) is 0 Å². The van der Waals surface area contributed by atoms with Crippen LogP contribution in [0.4, 0.5) is 5.69 Å². The molecular weight excluding hydrogens is 362 g/mol. The molecule has 0 saturated carbocycles. The Morgan fingerprint density at radius 1 is 1.07 bits per heavy atom. The third kappa shape index (κ3) is 3.49. The summed E-state index contributed by atoms with van der Waals surface area (Å²) in [4.78, 5) is 13.6. The number of aryl methyl sites for hydroxylation is 2. The van der Waals surface area contributed by atoms with Gasteiger partial charge < -0.3 is 19.2 Å². The molecular formula is C21H21NO4S. The van der Waals surface area contributed by atoms with Gasteiger partial charge >= 0.3 is 0 Å². The summed E-state index contributed by atoms with van der Waals surface area (Å²) in [6.07, 6.45) is 3.88. The van der Waals surface area contributed by atoms with Crippen LogP contribution in [0.3, 0.4) is 0 Å². The quantitative estimate of drug-likeness (QED) is 0.661. The van der Waals surface area contributed by atoms with Gasteiger partial charge in [0, 0.05) is 21.9 Å². The van der Waals surface area contributed by atoms with Crippen molar-refractivity contribution in [3.05, 3.63) is 47.2 Å². The van der Waals surface area contributed by atoms with Crippen molar-refractivity contribution in [3.63, 3.8) is 0 Å². The third-order valence-electron chi connectivity index (χ3n) is 4.76. The number of hydrogen-bond donors (Lipinski definition) is 1. The summed E-state index contributed by atoms with van der Waals surface area (Å²) in [5.41, 5.74) is 4.78. The van der Waals surface area contributed by atoms with E-state index < -0.39 is 0 Å². The first-order valence-electron chi connectivity index (χ1n) is 8.80. The molecule has 4 rings (SSSR count). The molecule has 1 aromatic heterocycles. The molecule has 140 valence electrons. The summed E-state index contributed by atoms with van der Waals surface area (Å²) in [5.74, 6) is 1.28. The monoisotopic (exact) mass is 383 g/mol. The maximum Gasteiger partial charge on any atom is 0.228 e. The molecule has 5 nitrogen and oxygen atoms in total. The molecule has 0 unspecified atom stereocenters. The van der Waals surface area contributed by atoms with Crippen LogP contribution in [0.15, 0.2) is 39.8 Å².